The third kappa shape index (κ3) is 3.19. The van der Waals surface area contributed by atoms with Crippen molar-refractivity contribution >= 4 is 16.9 Å². The minimum absolute atomic E-state index is 0.115. The molecule has 0 aliphatic carbocycles. The van der Waals surface area contributed by atoms with Gasteiger partial charge in [0.15, 0.2) is 5.82 Å². The van der Waals surface area contributed by atoms with Crippen LogP contribution in [-0.2, 0) is 17.8 Å². The van der Waals surface area contributed by atoms with Gasteiger partial charge in [-0.15, -0.1) is 5.10 Å². The molecule has 0 bridgehead atoms. The van der Waals surface area contributed by atoms with Gasteiger partial charge in [-0.2, -0.15) is 4.68 Å². The first-order chi connectivity index (χ1) is 12.7. The van der Waals surface area contributed by atoms with Crippen LogP contribution in [0.25, 0.3) is 16.7 Å². The highest BCUT2D eigenvalue weighted by atomic mass is 16.3. The van der Waals surface area contributed by atoms with E-state index in [4.69, 9.17) is 4.42 Å². The summed E-state index contributed by atoms with van der Waals surface area (Å²) < 4.78 is 7.15. The molecule has 4 aromatic rings. The summed E-state index contributed by atoms with van der Waals surface area (Å²) >= 11 is 0. The first kappa shape index (κ1) is 16.0. The summed E-state index contributed by atoms with van der Waals surface area (Å²) in [5.41, 5.74) is 3.62. The number of nitrogens with one attached hydrogen (secondary N) is 1. The maximum absolute atomic E-state index is 12.3. The molecule has 0 aliphatic heterocycles. The van der Waals surface area contributed by atoms with Crippen LogP contribution >= 0.6 is 0 Å². The van der Waals surface area contributed by atoms with Gasteiger partial charge >= 0.3 is 0 Å². The van der Waals surface area contributed by atoms with Crippen molar-refractivity contribution in [3.05, 3.63) is 71.7 Å². The highest BCUT2D eigenvalue weighted by molar-refractivity contribution is 5.87. The maximum atomic E-state index is 12.3. The third-order valence-electron chi connectivity index (χ3n) is 4.14. The van der Waals surface area contributed by atoms with Gasteiger partial charge in [0.2, 0.25) is 5.91 Å². The van der Waals surface area contributed by atoms with Crippen LogP contribution in [0.3, 0.4) is 0 Å². The van der Waals surface area contributed by atoms with E-state index in [1.807, 2.05) is 55.5 Å². The van der Waals surface area contributed by atoms with E-state index in [-0.39, 0.29) is 18.9 Å². The van der Waals surface area contributed by atoms with Gasteiger partial charge in [-0.25, -0.2) is 0 Å². The molecule has 2 aromatic heterocycles. The Morgan fingerprint density at radius 1 is 1.19 bits per heavy atom. The molecule has 2 aromatic carbocycles. The van der Waals surface area contributed by atoms with Crippen LogP contribution in [0.2, 0.25) is 0 Å². The number of para-hydroxylation sites is 1. The van der Waals surface area contributed by atoms with Crippen molar-refractivity contribution in [3.63, 3.8) is 0 Å². The van der Waals surface area contributed by atoms with E-state index < -0.39 is 0 Å². The van der Waals surface area contributed by atoms with E-state index >= 15 is 0 Å². The molecular weight excluding hydrogens is 330 g/mol. The van der Waals surface area contributed by atoms with Gasteiger partial charge in [-0.05, 0) is 41.1 Å². The molecule has 7 nitrogen and oxygen atoms in total. The Labute approximate surface area is 149 Å². The van der Waals surface area contributed by atoms with Crippen molar-refractivity contribution in [2.24, 2.45) is 0 Å². The first-order valence-corrected chi connectivity index (χ1v) is 8.27. The van der Waals surface area contributed by atoms with Crippen LogP contribution in [0.5, 0.6) is 0 Å². The van der Waals surface area contributed by atoms with Gasteiger partial charge < -0.3 is 9.73 Å². The molecule has 1 amide bonds. The molecule has 4 rings (SSSR count). The summed E-state index contributed by atoms with van der Waals surface area (Å²) in [6.07, 6.45) is 1.88. The number of fused-ring (bicyclic) bond motifs is 1. The molecule has 0 fully saturated rings. The minimum atomic E-state index is -0.115. The van der Waals surface area contributed by atoms with Crippen LogP contribution in [0.15, 0.2) is 59.2 Å². The van der Waals surface area contributed by atoms with E-state index in [9.17, 15) is 4.79 Å². The molecule has 0 aliphatic rings. The number of tetrazole rings is 1. The molecule has 26 heavy (non-hydrogen) atoms. The number of carbonyl (C=O) groups excluding carboxylic acids is 1. The van der Waals surface area contributed by atoms with Crippen molar-refractivity contribution in [1.82, 2.24) is 25.5 Å². The predicted molar refractivity (Wildman–Crippen MR) is 95.7 cm³/mol. The Hall–Kier alpha value is -3.48. The first-order valence-electron chi connectivity index (χ1n) is 8.27. The van der Waals surface area contributed by atoms with Gasteiger partial charge in [-0.1, -0.05) is 30.3 Å². The van der Waals surface area contributed by atoms with Gasteiger partial charge in [0.05, 0.1) is 24.9 Å². The molecule has 0 saturated carbocycles. The Morgan fingerprint density at radius 3 is 2.88 bits per heavy atom. The lowest BCUT2D eigenvalue weighted by atomic mass is 10.1. The topological polar surface area (TPSA) is 85.8 Å². The smallest absolute Gasteiger partial charge is 0.224 e. The molecule has 0 spiro atoms. The number of furan rings is 1. The van der Waals surface area contributed by atoms with E-state index in [2.05, 4.69) is 20.8 Å². The number of aryl methyl sites for hydroxylation is 1. The summed E-state index contributed by atoms with van der Waals surface area (Å²) in [6.45, 7) is 2.25. The molecule has 0 unspecified atom stereocenters. The zero-order chi connectivity index (χ0) is 17.9. The highest BCUT2D eigenvalue weighted by Crippen LogP contribution is 2.22. The molecular formula is C19H17N5O2. The Balaban J connectivity index is 1.44. The maximum Gasteiger partial charge on any atom is 0.224 e. The fourth-order valence-electron chi connectivity index (χ4n) is 2.83. The van der Waals surface area contributed by atoms with Gasteiger partial charge in [0.1, 0.15) is 5.58 Å². The van der Waals surface area contributed by atoms with Crippen LogP contribution in [0, 0.1) is 6.92 Å². The lowest BCUT2D eigenvalue weighted by Gasteiger charge is -2.06. The molecule has 7 heteroatoms. The second kappa shape index (κ2) is 6.79. The van der Waals surface area contributed by atoms with Crippen molar-refractivity contribution in [3.8, 4) is 5.69 Å². The molecule has 0 saturated heterocycles. The van der Waals surface area contributed by atoms with Crippen LogP contribution in [0.1, 0.15) is 17.0 Å². The number of carbonyl (C=O) groups is 1. The minimum Gasteiger partial charge on any atom is -0.464 e. The fraction of sp³-hybridized carbons (Fsp3) is 0.158. The van der Waals surface area contributed by atoms with E-state index in [0.717, 1.165) is 27.8 Å². The van der Waals surface area contributed by atoms with Crippen LogP contribution in [0.4, 0.5) is 0 Å². The SMILES string of the molecule is Cc1ccc2c(CC(=O)NCc3nnnn3-c3ccccc3)coc2c1. The number of benzene rings is 2. The third-order valence-corrected chi connectivity index (χ3v) is 4.14. The summed E-state index contributed by atoms with van der Waals surface area (Å²) in [7, 11) is 0. The lowest BCUT2D eigenvalue weighted by molar-refractivity contribution is -0.120. The molecule has 130 valence electrons. The lowest BCUT2D eigenvalue weighted by Crippen LogP contribution is -2.26. The second-order valence-corrected chi connectivity index (χ2v) is 6.06. The van der Waals surface area contributed by atoms with Gasteiger partial charge in [0.25, 0.3) is 0 Å². The quantitative estimate of drug-likeness (QED) is 0.600. The van der Waals surface area contributed by atoms with E-state index in [1.54, 1.807) is 10.9 Å². The Morgan fingerprint density at radius 2 is 2.04 bits per heavy atom. The Bertz CT molecular complexity index is 1050. The number of hydrogen-bond donors (Lipinski definition) is 1. The van der Waals surface area contributed by atoms with Crippen molar-refractivity contribution < 1.29 is 9.21 Å². The number of amides is 1. The van der Waals surface area contributed by atoms with Gasteiger partial charge in [-0.3, -0.25) is 4.79 Å². The average Bonchev–Trinajstić information content (AvgIpc) is 3.27. The van der Waals surface area contributed by atoms with Crippen molar-refractivity contribution in [1.29, 1.82) is 0 Å². The van der Waals surface area contributed by atoms with E-state index in [1.165, 1.54) is 0 Å². The average molecular weight is 347 g/mol. The van der Waals surface area contributed by atoms with Crippen molar-refractivity contribution in [2.75, 3.05) is 0 Å². The highest BCUT2D eigenvalue weighted by Gasteiger charge is 2.13. The summed E-state index contributed by atoms with van der Waals surface area (Å²) in [5, 5.41) is 15.5. The predicted octanol–water partition coefficient (Wildman–Crippen LogP) is 2.58. The number of aromatic nitrogens is 4. The zero-order valence-corrected chi connectivity index (χ0v) is 14.2. The molecule has 1 N–H and O–H groups in total. The van der Waals surface area contributed by atoms with E-state index in [0.29, 0.717) is 5.82 Å². The fourth-order valence-corrected chi connectivity index (χ4v) is 2.83. The van der Waals surface area contributed by atoms with Crippen LogP contribution in [-0.4, -0.2) is 26.1 Å². The standard InChI is InChI=1S/C19H17N5O2/c1-13-7-8-16-14(12-26-17(16)9-13)10-19(25)20-11-18-21-22-23-24(18)15-5-3-2-4-6-15/h2-9,12H,10-11H2,1H3,(H,20,25). The largest absolute Gasteiger partial charge is 0.464 e. The normalized spacial score (nSPS) is 11.0. The summed E-state index contributed by atoms with van der Waals surface area (Å²) in [4.78, 5) is 12.3. The second-order valence-electron chi connectivity index (χ2n) is 6.06. The van der Waals surface area contributed by atoms with Crippen LogP contribution < -0.4 is 5.32 Å². The molecule has 0 atom stereocenters. The monoisotopic (exact) mass is 347 g/mol. The summed E-state index contributed by atoms with van der Waals surface area (Å²) in [5.74, 6) is 0.452. The molecule has 2 heterocycles. The summed E-state index contributed by atoms with van der Waals surface area (Å²) in [6, 6.07) is 15.5. The number of hydrogen-bond acceptors (Lipinski definition) is 5. The number of rotatable bonds is 5. The van der Waals surface area contributed by atoms with Crippen molar-refractivity contribution in [2.45, 2.75) is 19.9 Å². The number of nitrogens with zero attached hydrogens (tertiary/aromatic N) is 4. The Kier molecular flexibility index (Phi) is 4.18. The zero-order valence-electron chi connectivity index (χ0n) is 14.2. The van der Waals surface area contributed by atoms with Gasteiger partial charge in [0, 0.05) is 10.9 Å². The molecule has 0 radical (unpaired) electrons.